The number of anilines is 3. The Labute approximate surface area is 224 Å². The molecule has 0 saturated carbocycles. The number of nitrogen functional groups attached to an aromatic ring is 1. The predicted octanol–water partition coefficient (Wildman–Crippen LogP) is 4.74. The Kier molecular flexibility index (Phi) is 7.43. The van der Waals surface area contributed by atoms with Crippen LogP contribution in [0.25, 0.3) is 10.9 Å². The van der Waals surface area contributed by atoms with E-state index in [0.29, 0.717) is 22.7 Å². The number of hydrogen-bond acceptors (Lipinski definition) is 6. The van der Waals surface area contributed by atoms with E-state index in [1.807, 2.05) is 19.9 Å². The molecule has 0 unspecified atom stereocenters. The summed E-state index contributed by atoms with van der Waals surface area (Å²) in [5.74, 6) is 0.250. The van der Waals surface area contributed by atoms with Crippen molar-refractivity contribution in [2.75, 3.05) is 62.3 Å². The number of benzene rings is 2. The van der Waals surface area contributed by atoms with Gasteiger partial charge in [0.2, 0.25) is 5.91 Å². The van der Waals surface area contributed by atoms with Gasteiger partial charge in [0.15, 0.2) is 0 Å². The largest absolute Gasteiger partial charge is 0.399 e. The minimum Gasteiger partial charge on any atom is -0.399 e. The van der Waals surface area contributed by atoms with Crippen molar-refractivity contribution in [1.82, 2.24) is 14.8 Å². The van der Waals surface area contributed by atoms with Gasteiger partial charge in [-0.2, -0.15) is 0 Å². The zero-order chi connectivity index (χ0) is 27.0. The van der Waals surface area contributed by atoms with Crippen molar-refractivity contribution >= 4 is 33.9 Å². The number of likely N-dealkylation sites (tertiary alicyclic amines) is 1. The van der Waals surface area contributed by atoms with E-state index in [4.69, 9.17) is 10.7 Å². The molecule has 0 bridgehead atoms. The molecule has 0 aliphatic carbocycles. The molecule has 8 heteroatoms. The maximum atomic E-state index is 14.9. The lowest BCUT2D eigenvalue weighted by atomic mass is 9.95. The molecule has 2 aliphatic rings. The van der Waals surface area contributed by atoms with Crippen molar-refractivity contribution in [2.45, 2.75) is 39.7 Å². The van der Waals surface area contributed by atoms with Gasteiger partial charge in [0.1, 0.15) is 5.82 Å². The van der Waals surface area contributed by atoms with Crippen LogP contribution in [0.1, 0.15) is 42.6 Å². The number of pyridine rings is 1. The third kappa shape index (κ3) is 5.41. The molecule has 1 atom stereocenters. The summed E-state index contributed by atoms with van der Waals surface area (Å²) in [6, 6.07) is 11.4. The standard InChI is InChI=1S/C30H39FN6O/c1-19-15-23(32)17-25(29(19)31)21(3)34-28-16-20(2)33-27-6-5-24(18-26(27)28)36-11-13-37(14-12-36)30(38)22-7-9-35(4)10-8-22/h5-6,15-18,21-22H,7-14,32H2,1-4H3,(H,33,34)/t21-/m1/s1. The number of nitrogens with two attached hydrogens (primary N) is 1. The van der Waals surface area contributed by atoms with Gasteiger partial charge in [0.25, 0.3) is 0 Å². The molecule has 0 radical (unpaired) electrons. The predicted molar refractivity (Wildman–Crippen MR) is 153 cm³/mol. The molecule has 7 nitrogen and oxygen atoms in total. The van der Waals surface area contributed by atoms with Crippen molar-refractivity contribution < 1.29 is 9.18 Å². The van der Waals surface area contributed by atoms with Crippen LogP contribution in [0.3, 0.4) is 0 Å². The number of piperazine rings is 1. The second-order valence-electron chi connectivity index (χ2n) is 11.0. The SMILES string of the molecule is Cc1cc(N[C@H](C)c2cc(N)cc(C)c2F)c2cc(N3CCN(C(=O)C4CCN(C)CC4)CC3)ccc2n1. The number of rotatable bonds is 5. The molecular weight excluding hydrogens is 479 g/mol. The van der Waals surface area contributed by atoms with Gasteiger partial charge in [-0.3, -0.25) is 9.78 Å². The fraction of sp³-hybridized carbons (Fsp3) is 0.467. The highest BCUT2D eigenvalue weighted by Crippen LogP contribution is 2.32. The van der Waals surface area contributed by atoms with Crippen LogP contribution in [0.5, 0.6) is 0 Å². The number of amides is 1. The number of piperidine rings is 1. The van der Waals surface area contributed by atoms with Gasteiger partial charge in [0.05, 0.1) is 11.6 Å². The molecular formula is C30H39FN6O. The minimum absolute atomic E-state index is 0.164. The quantitative estimate of drug-likeness (QED) is 0.476. The van der Waals surface area contributed by atoms with Gasteiger partial charge in [-0.15, -0.1) is 0 Å². The van der Waals surface area contributed by atoms with Crippen LogP contribution in [0.15, 0.2) is 36.4 Å². The molecule has 2 aliphatic heterocycles. The summed E-state index contributed by atoms with van der Waals surface area (Å²) < 4.78 is 14.9. The van der Waals surface area contributed by atoms with E-state index in [1.165, 1.54) is 0 Å². The molecule has 0 spiro atoms. The Balaban J connectivity index is 1.33. The average Bonchev–Trinajstić information content (AvgIpc) is 2.90. The first-order valence-electron chi connectivity index (χ1n) is 13.7. The zero-order valence-corrected chi connectivity index (χ0v) is 22.9. The zero-order valence-electron chi connectivity index (χ0n) is 22.9. The topological polar surface area (TPSA) is 77.7 Å². The van der Waals surface area contributed by atoms with E-state index in [2.05, 4.69) is 45.3 Å². The number of aryl methyl sites for hydroxylation is 2. The number of carbonyl (C=O) groups is 1. The maximum absolute atomic E-state index is 14.9. The second-order valence-corrected chi connectivity index (χ2v) is 11.0. The van der Waals surface area contributed by atoms with Crippen molar-refractivity contribution in [2.24, 2.45) is 5.92 Å². The number of aromatic nitrogens is 1. The normalized spacial score (nSPS) is 18.1. The summed E-state index contributed by atoms with van der Waals surface area (Å²) in [5.41, 5.74) is 11.5. The highest BCUT2D eigenvalue weighted by atomic mass is 19.1. The molecule has 38 heavy (non-hydrogen) atoms. The third-order valence-corrected chi connectivity index (χ3v) is 8.09. The van der Waals surface area contributed by atoms with Crippen LogP contribution in [-0.4, -0.2) is 67.0 Å². The van der Waals surface area contributed by atoms with Gasteiger partial charge in [-0.1, -0.05) is 0 Å². The Morgan fingerprint density at radius 1 is 1.05 bits per heavy atom. The van der Waals surface area contributed by atoms with E-state index < -0.39 is 0 Å². The van der Waals surface area contributed by atoms with E-state index in [-0.39, 0.29) is 17.8 Å². The fourth-order valence-electron chi connectivity index (χ4n) is 5.81. The highest BCUT2D eigenvalue weighted by molar-refractivity contribution is 5.94. The molecule has 202 valence electrons. The Morgan fingerprint density at radius 2 is 1.76 bits per heavy atom. The van der Waals surface area contributed by atoms with Gasteiger partial charge in [0, 0.05) is 65.8 Å². The lowest BCUT2D eigenvalue weighted by Crippen LogP contribution is -2.51. The maximum Gasteiger partial charge on any atom is 0.225 e. The molecule has 5 rings (SSSR count). The summed E-state index contributed by atoms with van der Waals surface area (Å²) in [6.45, 7) is 10.7. The third-order valence-electron chi connectivity index (χ3n) is 8.09. The number of halogens is 1. The first-order chi connectivity index (χ1) is 18.2. The van der Waals surface area contributed by atoms with Gasteiger partial charge in [-0.05, 0) is 95.7 Å². The Hall–Kier alpha value is -3.39. The van der Waals surface area contributed by atoms with Gasteiger partial charge < -0.3 is 25.8 Å². The molecule has 2 saturated heterocycles. The van der Waals surface area contributed by atoms with Crippen molar-refractivity contribution in [1.29, 1.82) is 0 Å². The van der Waals surface area contributed by atoms with Crippen LogP contribution < -0.4 is 16.0 Å². The number of carbonyl (C=O) groups excluding carboxylic acids is 1. The van der Waals surface area contributed by atoms with E-state index in [9.17, 15) is 9.18 Å². The minimum atomic E-state index is -0.278. The summed E-state index contributed by atoms with van der Waals surface area (Å²) in [7, 11) is 2.12. The molecule has 1 aromatic heterocycles. The number of nitrogens with one attached hydrogen (secondary N) is 1. The van der Waals surface area contributed by atoms with Crippen molar-refractivity contribution in [3.05, 3.63) is 59.0 Å². The van der Waals surface area contributed by atoms with E-state index >= 15 is 0 Å². The molecule has 2 fully saturated rings. The molecule has 3 N–H and O–H groups in total. The van der Waals surface area contributed by atoms with E-state index in [1.54, 1.807) is 19.1 Å². The monoisotopic (exact) mass is 518 g/mol. The van der Waals surface area contributed by atoms with Crippen LogP contribution in [0.4, 0.5) is 21.5 Å². The average molecular weight is 519 g/mol. The fourth-order valence-corrected chi connectivity index (χ4v) is 5.81. The number of nitrogens with zero attached hydrogens (tertiary/aromatic N) is 4. The van der Waals surface area contributed by atoms with E-state index in [0.717, 1.165) is 80.1 Å². The highest BCUT2D eigenvalue weighted by Gasteiger charge is 2.29. The lowest BCUT2D eigenvalue weighted by Gasteiger charge is -2.39. The molecule has 2 aromatic carbocycles. The van der Waals surface area contributed by atoms with Crippen LogP contribution in [-0.2, 0) is 4.79 Å². The summed E-state index contributed by atoms with van der Waals surface area (Å²) in [6.07, 6.45) is 1.92. The first-order valence-corrected chi connectivity index (χ1v) is 13.7. The lowest BCUT2D eigenvalue weighted by molar-refractivity contribution is -0.137. The van der Waals surface area contributed by atoms with Crippen LogP contribution in [0, 0.1) is 25.6 Å². The summed E-state index contributed by atoms with van der Waals surface area (Å²) in [5, 5.41) is 4.51. The Morgan fingerprint density at radius 3 is 2.47 bits per heavy atom. The smallest absolute Gasteiger partial charge is 0.225 e. The number of hydrogen-bond donors (Lipinski definition) is 2. The second kappa shape index (κ2) is 10.8. The summed E-state index contributed by atoms with van der Waals surface area (Å²) in [4.78, 5) is 24.5. The summed E-state index contributed by atoms with van der Waals surface area (Å²) >= 11 is 0. The first kappa shape index (κ1) is 26.2. The van der Waals surface area contributed by atoms with Gasteiger partial charge in [-0.25, -0.2) is 4.39 Å². The van der Waals surface area contributed by atoms with Crippen molar-refractivity contribution in [3.63, 3.8) is 0 Å². The van der Waals surface area contributed by atoms with Gasteiger partial charge >= 0.3 is 0 Å². The van der Waals surface area contributed by atoms with Crippen LogP contribution in [0.2, 0.25) is 0 Å². The van der Waals surface area contributed by atoms with Crippen LogP contribution >= 0.6 is 0 Å². The van der Waals surface area contributed by atoms with Crippen molar-refractivity contribution in [3.8, 4) is 0 Å². The molecule has 3 aromatic rings. The number of fused-ring (bicyclic) bond motifs is 1. The molecule has 3 heterocycles. The Bertz CT molecular complexity index is 1330. The molecule has 1 amide bonds.